The van der Waals surface area contributed by atoms with Gasteiger partial charge in [-0.15, -0.1) is 0 Å². The highest BCUT2D eigenvalue weighted by molar-refractivity contribution is 5.78. The lowest BCUT2D eigenvalue weighted by Crippen LogP contribution is -2.49. The Kier molecular flexibility index (Phi) is 8.41. The van der Waals surface area contributed by atoms with E-state index in [2.05, 4.69) is 5.32 Å². The number of ether oxygens (including phenoxy) is 1. The Bertz CT molecular complexity index is 574. The second-order valence-electron chi connectivity index (χ2n) is 6.66. The minimum Gasteiger partial charge on any atom is -0.494 e. The molecule has 1 aliphatic rings. The van der Waals surface area contributed by atoms with Crippen LogP contribution in [0.5, 0.6) is 5.75 Å². The van der Waals surface area contributed by atoms with Crippen molar-refractivity contribution in [3.63, 3.8) is 0 Å². The number of aryl methyl sites for hydroxylation is 1. The predicted molar refractivity (Wildman–Crippen MR) is 102 cm³/mol. The summed E-state index contributed by atoms with van der Waals surface area (Å²) >= 11 is 0. The third-order valence-corrected chi connectivity index (χ3v) is 4.72. The van der Waals surface area contributed by atoms with Crippen LogP contribution in [0.2, 0.25) is 0 Å². The van der Waals surface area contributed by atoms with Crippen molar-refractivity contribution in [1.82, 2.24) is 10.2 Å². The number of carbonyl (C=O) groups is 2. The van der Waals surface area contributed by atoms with E-state index < -0.39 is 0 Å². The SMILES string of the molecule is CCOc1ccc(CCC(=O)N2CCCCC2CNC(=O)CCN)cc1. The maximum Gasteiger partial charge on any atom is 0.223 e. The Labute approximate surface area is 156 Å². The number of nitrogens with one attached hydrogen (secondary N) is 1. The lowest BCUT2D eigenvalue weighted by Gasteiger charge is -2.36. The zero-order valence-corrected chi connectivity index (χ0v) is 15.7. The zero-order chi connectivity index (χ0) is 18.8. The fourth-order valence-electron chi connectivity index (χ4n) is 3.31. The predicted octanol–water partition coefficient (Wildman–Crippen LogP) is 1.86. The average Bonchev–Trinajstić information content (AvgIpc) is 2.66. The summed E-state index contributed by atoms with van der Waals surface area (Å²) in [7, 11) is 0. The van der Waals surface area contributed by atoms with Gasteiger partial charge in [0.05, 0.1) is 6.61 Å². The van der Waals surface area contributed by atoms with Crippen LogP contribution in [-0.2, 0) is 16.0 Å². The van der Waals surface area contributed by atoms with Crippen LogP contribution < -0.4 is 15.8 Å². The third-order valence-electron chi connectivity index (χ3n) is 4.72. The molecule has 1 aromatic carbocycles. The first-order valence-corrected chi connectivity index (χ1v) is 9.62. The Morgan fingerprint density at radius 2 is 2.00 bits per heavy atom. The van der Waals surface area contributed by atoms with Crippen LogP contribution in [0.3, 0.4) is 0 Å². The smallest absolute Gasteiger partial charge is 0.223 e. The van der Waals surface area contributed by atoms with E-state index in [0.29, 0.717) is 39.0 Å². The molecular weight excluding hydrogens is 330 g/mol. The number of benzene rings is 1. The molecule has 1 heterocycles. The monoisotopic (exact) mass is 361 g/mol. The van der Waals surface area contributed by atoms with Crippen molar-refractivity contribution < 1.29 is 14.3 Å². The van der Waals surface area contributed by atoms with Gasteiger partial charge in [-0.1, -0.05) is 12.1 Å². The number of piperidine rings is 1. The van der Waals surface area contributed by atoms with Crippen molar-refractivity contribution in [2.45, 2.75) is 51.5 Å². The topological polar surface area (TPSA) is 84.7 Å². The fourth-order valence-corrected chi connectivity index (χ4v) is 3.31. The van der Waals surface area contributed by atoms with Gasteiger partial charge in [-0.2, -0.15) is 0 Å². The summed E-state index contributed by atoms with van der Waals surface area (Å²) in [6.45, 7) is 4.25. The molecule has 144 valence electrons. The van der Waals surface area contributed by atoms with Crippen LogP contribution in [-0.4, -0.2) is 49.0 Å². The van der Waals surface area contributed by atoms with E-state index in [1.165, 1.54) is 0 Å². The van der Waals surface area contributed by atoms with Crippen LogP contribution in [0.15, 0.2) is 24.3 Å². The molecule has 0 bridgehead atoms. The summed E-state index contributed by atoms with van der Waals surface area (Å²) in [6.07, 6.45) is 4.60. The van der Waals surface area contributed by atoms with Gasteiger partial charge < -0.3 is 20.7 Å². The van der Waals surface area contributed by atoms with Gasteiger partial charge in [-0.25, -0.2) is 0 Å². The summed E-state index contributed by atoms with van der Waals surface area (Å²) in [5.74, 6) is 0.975. The lowest BCUT2D eigenvalue weighted by molar-refractivity contribution is -0.135. The van der Waals surface area contributed by atoms with Gasteiger partial charge in [0.2, 0.25) is 11.8 Å². The van der Waals surface area contributed by atoms with Crippen molar-refractivity contribution in [2.75, 3.05) is 26.2 Å². The number of hydrogen-bond acceptors (Lipinski definition) is 4. The first-order valence-electron chi connectivity index (χ1n) is 9.62. The Balaban J connectivity index is 1.84. The number of likely N-dealkylation sites (tertiary alicyclic amines) is 1. The van der Waals surface area contributed by atoms with Crippen LogP contribution >= 0.6 is 0 Å². The van der Waals surface area contributed by atoms with Gasteiger partial charge in [0.15, 0.2) is 0 Å². The largest absolute Gasteiger partial charge is 0.494 e. The molecule has 1 saturated heterocycles. The lowest BCUT2D eigenvalue weighted by atomic mass is 10.0. The van der Waals surface area contributed by atoms with Crippen molar-refractivity contribution >= 4 is 11.8 Å². The van der Waals surface area contributed by atoms with Crippen molar-refractivity contribution in [2.24, 2.45) is 5.73 Å². The van der Waals surface area contributed by atoms with Crippen molar-refractivity contribution in [3.05, 3.63) is 29.8 Å². The molecule has 0 saturated carbocycles. The van der Waals surface area contributed by atoms with Gasteiger partial charge in [-0.05, 0) is 50.3 Å². The Morgan fingerprint density at radius 1 is 1.23 bits per heavy atom. The first-order chi connectivity index (χ1) is 12.6. The van der Waals surface area contributed by atoms with Crippen molar-refractivity contribution in [1.29, 1.82) is 0 Å². The van der Waals surface area contributed by atoms with E-state index in [1.807, 2.05) is 36.1 Å². The fraction of sp³-hybridized carbons (Fsp3) is 0.600. The molecule has 0 aromatic heterocycles. The van der Waals surface area contributed by atoms with Crippen LogP contribution in [0.25, 0.3) is 0 Å². The maximum absolute atomic E-state index is 12.7. The van der Waals surface area contributed by atoms with Gasteiger partial charge in [-0.3, -0.25) is 9.59 Å². The number of nitrogens with two attached hydrogens (primary N) is 1. The first kappa shape index (κ1) is 20.2. The highest BCUT2D eigenvalue weighted by atomic mass is 16.5. The zero-order valence-electron chi connectivity index (χ0n) is 15.7. The summed E-state index contributed by atoms with van der Waals surface area (Å²) < 4.78 is 5.44. The highest BCUT2D eigenvalue weighted by Crippen LogP contribution is 2.19. The van der Waals surface area contributed by atoms with Crippen LogP contribution in [0.1, 0.15) is 44.6 Å². The molecule has 0 radical (unpaired) electrons. The third kappa shape index (κ3) is 6.33. The van der Waals surface area contributed by atoms with Gasteiger partial charge >= 0.3 is 0 Å². The molecule has 1 aliphatic heterocycles. The van der Waals surface area contributed by atoms with E-state index in [1.54, 1.807) is 0 Å². The standard InChI is InChI=1S/C20H31N3O3/c1-2-26-18-9-6-16(7-10-18)8-11-20(25)23-14-4-3-5-17(23)15-22-19(24)12-13-21/h6-7,9-10,17H,2-5,8,11-15,21H2,1H3,(H,22,24). The molecule has 1 atom stereocenters. The molecule has 2 amide bonds. The molecular formula is C20H31N3O3. The molecule has 3 N–H and O–H groups in total. The average molecular weight is 361 g/mol. The molecule has 0 aliphatic carbocycles. The second-order valence-corrected chi connectivity index (χ2v) is 6.66. The molecule has 1 fully saturated rings. The summed E-state index contributed by atoms with van der Waals surface area (Å²) in [4.78, 5) is 26.3. The van der Waals surface area contributed by atoms with E-state index in [0.717, 1.165) is 37.1 Å². The second kappa shape index (κ2) is 10.8. The molecule has 2 rings (SSSR count). The summed E-state index contributed by atoms with van der Waals surface area (Å²) in [5.41, 5.74) is 6.53. The quantitative estimate of drug-likeness (QED) is 0.703. The highest BCUT2D eigenvalue weighted by Gasteiger charge is 2.26. The van der Waals surface area contributed by atoms with Crippen molar-refractivity contribution in [3.8, 4) is 5.75 Å². The minimum absolute atomic E-state index is 0.0418. The van der Waals surface area contributed by atoms with E-state index in [-0.39, 0.29) is 17.9 Å². The normalized spacial score (nSPS) is 17.0. The van der Waals surface area contributed by atoms with Gasteiger partial charge in [0.1, 0.15) is 5.75 Å². The molecule has 26 heavy (non-hydrogen) atoms. The summed E-state index contributed by atoms with van der Waals surface area (Å²) in [5, 5.41) is 2.90. The number of rotatable bonds is 9. The summed E-state index contributed by atoms with van der Waals surface area (Å²) in [6, 6.07) is 8.01. The van der Waals surface area contributed by atoms with Crippen LogP contribution in [0, 0.1) is 0 Å². The van der Waals surface area contributed by atoms with Gasteiger partial charge in [0, 0.05) is 38.5 Å². The maximum atomic E-state index is 12.7. The van der Waals surface area contributed by atoms with Gasteiger partial charge in [0.25, 0.3) is 0 Å². The number of hydrogen-bond donors (Lipinski definition) is 2. The van der Waals surface area contributed by atoms with E-state index in [4.69, 9.17) is 10.5 Å². The van der Waals surface area contributed by atoms with Crippen LogP contribution in [0.4, 0.5) is 0 Å². The van der Waals surface area contributed by atoms with E-state index >= 15 is 0 Å². The molecule has 6 heteroatoms. The molecule has 0 spiro atoms. The number of carbonyl (C=O) groups excluding carboxylic acids is 2. The molecule has 1 unspecified atom stereocenters. The number of nitrogens with zero attached hydrogens (tertiary/aromatic N) is 1. The minimum atomic E-state index is -0.0418. The Morgan fingerprint density at radius 3 is 2.69 bits per heavy atom. The van der Waals surface area contributed by atoms with E-state index in [9.17, 15) is 9.59 Å². The molecule has 1 aromatic rings. The molecule has 6 nitrogen and oxygen atoms in total. The Hall–Kier alpha value is -2.08. The number of amides is 2.